The van der Waals surface area contributed by atoms with E-state index in [0.29, 0.717) is 19.8 Å². The van der Waals surface area contributed by atoms with Crippen molar-refractivity contribution in [2.24, 2.45) is 0 Å². The Labute approximate surface area is 226 Å². The molecule has 1 aromatic carbocycles. The molecule has 1 aromatic heterocycles. The predicted molar refractivity (Wildman–Crippen MR) is 144 cm³/mol. The normalized spacial score (nSPS) is 22.9. The smallest absolute Gasteiger partial charge is 0.219 e. The van der Waals surface area contributed by atoms with Crippen molar-refractivity contribution in [1.29, 1.82) is 0 Å². The summed E-state index contributed by atoms with van der Waals surface area (Å²) in [5, 5.41) is 25.1. The minimum Gasteiger partial charge on any atom is -0.494 e. The maximum Gasteiger partial charge on any atom is 0.219 e. The third kappa shape index (κ3) is 10.3. The Morgan fingerprint density at radius 1 is 1.16 bits per heavy atom. The molecule has 0 bridgehead atoms. The van der Waals surface area contributed by atoms with Crippen molar-refractivity contribution >= 4 is 5.91 Å². The van der Waals surface area contributed by atoms with Crippen LogP contribution < -0.4 is 4.74 Å². The van der Waals surface area contributed by atoms with Crippen LogP contribution in [-0.2, 0) is 27.4 Å². The number of methoxy groups -OCH3 is 1. The largest absolute Gasteiger partial charge is 0.494 e. The fourth-order valence-electron chi connectivity index (χ4n) is 4.60. The molecule has 38 heavy (non-hydrogen) atoms. The molecule has 0 saturated carbocycles. The molecule has 1 fully saturated rings. The van der Waals surface area contributed by atoms with Crippen molar-refractivity contribution in [2.45, 2.75) is 64.0 Å². The van der Waals surface area contributed by atoms with E-state index in [9.17, 15) is 15.0 Å². The molecule has 2 heterocycles. The number of carbonyl (C=O) groups is 1. The minimum absolute atomic E-state index is 0.0273. The summed E-state index contributed by atoms with van der Waals surface area (Å²) in [5.74, 6) is 0.776. The molecule has 1 amide bonds. The van der Waals surface area contributed by atoms with Gasteiger partial charge in [-0.3, -0.25) is 14.4 Å². The van der Waals surface area contributed by atoms with Crippen LogP contribution in [0.5, 0.6) is 5.75 Å². The predicted octanol–water partition coefficient (Wildman–Crippen LogP) is 1.94. The molecule has 1 aliphatic rings. The van der Waals surface area contributed by atoms with E-state index in [1.54, 1.807) is 11.1 Å². The molecule has 2 aromatic rings. The van der Waals surface area contributed by atoms with E-state index in [-0.39, 0.29) is 19.1 Å². The van der Waals surface area contributed by atoms with Gasteiger partial charge in [0.1, 0.15) is 24.1 Å². The van der Waals surface area contributed by atoms with Crippen molar-refractivity contribution in [3.63, 3.8) is 0 Å². The number of aromatic nitrogens is 2. The topological polar surface area (TPSA) is 110 Å². The summed E-state index contributed by atoms with van der Waals surface area (Å²) in [6, 6.07) is 10.1. The monoisotopic (exact) mass is 532 g/mol. The van der Waals surface area contributed by atoms with E-state index < -0.39 is 18.3 Å². The molecule has 1 saturated heterocycles. The second-order valence-electron chi connectivity index (χ2n) is 9.83. The SMILES string of the molecule is CO[C@H]1CN(C(C)=O)CCCN(Cc2cccc(OCCCn3cccn3)c2)CCCCOC[C@H](O)[C@@H]1O. The summed E-state index contributed by atoms with van der Waals surface area (Å²) in [5.41, 5.74) is 1.18. The zero-order valence-corrected chi connectivity index (χ0v) is 22.8. The van der Waals surface area contributed by atoms with Crippen molar-refractivity contribution in [3.05, 3.63) is 48.3 Å². The number of rotatable bonds is 8. The number of aliphatic hydroxyl groups is 2. The molecule has 212 valence electrons. The number of carbonyl (C=O) groups excluding carboxylic acids is 1. The fourth-order valence-corrected chi connectivity index (χ4v) is 4.60. The highest BCUT2D eigenvalue weighted by molar-refractivity contribution is 5.73. The van der Waals surface area contributed by atoms with Crippen LogP contribution in [0.15, 0.2) is 42.7 Å². The lowest BCUT2D eigenvalue weighted by Gasteiger charge is -2.31. The molecule has 10 heteroatoms. The quantitative estimate of drug-likeness (QED) is 0.497. The Morgan fingerprint density at radius 2 is 2.00 bits per heavy atom. The standard InChI is InChI=1S/C28H44N4O6/c1-23(33)31-14-7-13-30(12-3-4-17-37-22-26(34)28(35)27(21-31)36-2)20-24-9-5-10-25(19-24)38-18-8-16-32-15-6-11-29-32/h5-6,9-11,15,19,26-28,34-35H,3-4,7-8,12-14,16-18,20-22H2,1-2H3/t26-,27-,28-/m0/s1. The van der Waals surface area contributed by atoms with E-state index in [4.69, 9.17) is 14.2 Å². The van der Waals surface area contributed by atoms with Crippen LogP contribution in [0.2, 0.25) is 0 Å². The van der Waals surface area contributed by atoms with Crippen LogP contribution >= 0.6 is 0 Å². The van der Waals surface area contributed by atoms with Crippen molar-refractivity contribution < 1.29 is 29.2 Å². The van der Waals surface area contributed by atoms with Gasteiger partial charge in [0.05, 0.1) is 13.2 Å². The zero-order chi connectivity index (χ0) is 27.2. The number of ether oxygens (including phenoxy) is 3. The van der Waals surface area contributed by atoms with Crippen LogP contribution in [-0.4, -0.2) is 107 Å². The first-order chi connectivity index (χ1) is 18.5. The molecule has 3 rings (SSSR count). The first-order valence-corrected chi connectivity index (χ1v) is 13.6. The molecular weight excluding hydrogens is 488 g/mol. The number of hydrogen-bond donors (Lipinski definition) is 2. The van der Waals surface area contributed by atoms with E-state index in [0.717, 1.165) is 57.6 Å². The molecule has 0 radical (unpaired) electrons. The van der Waals surface area contributed by atoms with Gasteiger partial charge >= 0.3 is 0 Å². The van der Waals surface area contributed by atoms with E-state index in [2.05, 4.69) is 22.1 Å². The summed E-state index contributed by atoms with van der Waals surface area (Å²) in [6.07, 6.45) is 4.29. The average molecular weight is 533 g/mol. The summed E-state index contributed by atoms with van der Waals surface area (Å²) in [7, 11) is 1.48. The van der Waals surface area contributed by atoms with Crippen molar-refractivity contribution in [2.75, 3.05) is 53.1 Å². The molecule has 0 aliphatic carbocycles. The van der Waals surface area contributed by atoms with Crippen LogP contribution in [0.1, 0.15) is 38.2 Å². The highest BCUT2D eigenvalue weighted by atomic mass is 16.5. The first-order valence-electron chi connectivity index (χ1n) is 13.6. The lowest BCUT2D eigenvalue weighted by Crippen LogP contribution is -2.48. The van der Waals surface area contributed by atoms with E-state index in [1.165, 1.54) is 19.6 Å². The van der Waals surface area contributed by atoms with Crippen molar-refractivity contribution in [1.82, 2.24) is 19.6 Å². The zero-order valence-electron chi connectivity index (χ0n) is 22.8. The third-order valence-electron chi connectivity index (χ3n) is 6.79. The van der Waals surface area contributed by atoms with E-state index in [1.807, 2.05) is 29.1 Å². The van der Waals surface area contributed by atoms with Gasteiger partial charge in [0.15, 0.2) is 0 Å². The summed E-state index contributed by atoms with van der Waals surface area (Å²) in [4.78, 5) is 16.4. The molecular formula is C28H44N4O6. The van der Waals surface area contributed by atoms with Gasteiger partial charge in [-0.1, -0.05) is 12.1 Å². The van der Waals surface area contributed by atoms with Gasteiger partial charge in [-0.2, -0.15) is 5.10 Å². The second-order valence-corrected chi connectivity index (χ2v) is 9.83. The summed E-state index contributed by atoms with van der Waals surface area (Å²) >= 11 is 0. The Kier molecular flexibility index (Phi) is 13.0. The van der Waals surface area contributed by atoms with Crippen molar-refractivity contribution in [3.8, 4) is 5.75 Å². The number of aliphatic hydroxyl groups excluding tert-OH is 2. The minimum atomic E-state index is -1.14. The van der Waals surface area contributed by atoms with Gasteiger partial charge in [-0.25, -0.2) is 0 Å². The van der Waals surface area contributed by atoms with Gasteiger partial charge in [0.25, 0.3) is 0 Å². The Hall–Kier alpha value is -2.50. The Balaban J connectivity index is 1.57. The highest BCUT2D eigenvalue weighted by Crippen LogP contribution is 2.17. The maximum atomic E-state index is 12.3. The molecule has 0 spiro atoms. The molecule has 0 unspecified atom stereocenters. The van der Waals surface area contributed by atoms with Crippen LogP contribution in [0, 0.1) is 0 Å². The Bertz CT molecular complexity index is 928. The number of benzene rings is 1. The van der Waals surface area contributed by atoms with Gasteiger partial charge in [-0.15, -0.1) is 0 Å². The molecule has 2 N–H and O–H groups in total. The van der Waals surface area contributed by atoms with Crippen LogP contribution in [0.3, 0.4) is 0 Å². The summed E-state index contributed by atoms with van der Waals surface area (Å²) in [6.45, 7) is 6.76. The van der Waals surface area contributed by atoms with Crippen LogP contribution in [0.4, 0.5) is 0 Å². The number of hydrogen-bond acceptors (Lipinski definition) is 8. The fraction of sp³-hybridized carbons (Fsp3) is 0.643. The lowest BCUT2D eigenvalue weighted by atomic mass is 10.1. The second kappa shape index (κ2) is 16.5. The molecule has 10 nitrogen and oxygen atoms in total. The number of amides is 1. The van der Waals surface area contributed by atoms with Gasteiger partial charge in [-0.05, 0) is 49.6 Å². The molecule has 1 aliphatic heterocycles. The average Bonchev–Trinajstić information content (AvgIpc) is 3.43. The van der Waals surface area contributed by atoms with E-state index >= 15 is 0 Å². The summed E-state index contributed by atoms with van der Waals surface area (Å²) < 4.78 is 18.9. The van der Waals surface area contributed by atoms with Gasteiger partial charge in [0.2, 0.25) is 5.91 Å². The van der Waals surface area contributed by atoms with Crippen LogP contribution in [0.25, 0.3) is 0 Å². The first kappa shape index (κ1) is 30.0. The maximum absolute atomic E-state index is 12.3. The lowest BCUT2D eigenvalue weighted by molar-refractivity contribution is -0.136. The number of aryl methyl sites for hydroxylation is 1. The highest BCUT2D eigenvalue weighted by Gasteiger charge is 2.29. The van der Waals surface area contributed by atoms with Gasteiger partial charge < -0.3 is 29.3 Å². The molecule has 3 atom stereocenters. The third-order valence-corrected chi connectivity index (χ3v) is 6.79. The number of nitrogens with zero attached hydrogens (tertiary/aromatic N) is 4. The van der Waals surface area contributed by atoms with Gasteiger partial charge in [0, 0.05) is 72.2 Å². The Morgan fingerprint density at radius 3 is 2.76 bits per heavy atom.